The van der Waals surface area contributed by atoms with Gasteiger partial charge in [-0.2, -0.15) is 13.2 Å². The minimum Gasteiger partial charge on any atom is -0.341 e. The van der Waals surface area contributed by atoms with Crippen LogP contribution < -0.4 is 22.1 Å². The maximum Gasteiger partial charge on any atom is 0.403 e. The molecule has 0 saturated carbocycles. The lowest BCUT2D eigenvalue weighted by Gasteiger charge is -2.22. The van der Waals surface area contributed by atoms with Crippen molar-refractivity contribution in [1.82, 2.24) is 10.6 Å². The molecule has 6 N–H and O–H groups in total. The van der Waals surface area contributed by atoms with Crippen LogP contribution in [0.25, 0.3) is 0 Å². The maximum absolute atomic E-state index is 13.2. The van der Waals surface area contributed by atoms with E-state index in [9.17, 15) is 22.4 Å². The summed E-state index contributed by atoms with van der Waals surface area (Å²) in [7, 11) is 0. The summed E-state index contributed by atoms with van der Waals surface area (Å²) < 4.78 is 51.3. The number of aryl methyl sites for hydroxylation is 1. The molecule has 0 heterocycles. The van der Waals surface area contributed by atoms with Crippen molar-refractivity contribution in [2.24, 2.45) is 16.5 Å². The van der Waals surface area contributed by atoms with Gasteiger partial charge in [0.05, 0.1) is 12.7 Å². The van der Waals surface area contributed by atoms with Gasteiger partial charge in [0.25, 0.3) is 5.91 Å². The molecule has 6 nitrogen and oxygen atoms in total. The Morgan fingerprint density at radius 3 is 2.52 bits per heavy atom. The molecular weight excluding hydrogens is 438 g/mol. The van der Waals surface area contributed by atoms with E-state index in [1.165, 1.54) is 12.1 Å². The number of nitrogens with zero attached hydrogens (tertiary/aromatic N) is 1. The number of amides is 1. The summed E-state index contributed by atoms with van der Waals surface area (Å²) in [6.45, 7) is 1.71. The highest BCUT2D eigenvalue weighted by Crippen LogP contribution is 2.21. The molecule has 0 aliphatic carbocycles. The summed E-state index contributed by atoms with van der Waals surface area (Å²) in [4.78, 5) is 16.7. The molecule has 0 aliphatic rings. The number of guanidine groups is 1. The lowest BCUT2D eigenvalue weighted by molar-refractivity contribution is -0.149. The Labute approximate surface area is 181 Å². The number of hydrogen-bond donors (Lipinski definition) is 4. The highest BCUT2D eigenvalue weighted by atomic mass is 35.5. The second kappa shape index (κ2) is 10.6. The number of benzene rings is 2. The summed E-state index contributed by atoms with van der Waals surface area (Å²) in [6.07, 6.45) is -6.53. The van der Waals surface area contributed by atoms with Crippen LogP contribution in [0.1, 0.15) is 27.9 Å². The second-order valence-electron chi connectivity index (χ2n) is 6.86. The molecule has 1 amide bonds. The average Bonchev–Trinajstić information content (AvgIpc) is 2.66. The van der Waals surface area contributed by atoms with E-state index < -0.39 is 36.5 Å². The lowest BCUT2D eigenvalue weighted by atomic mass is 10.1. The van der Waals surface area contributed by atoms with Gasteiger partial charge in [0, 0.05) is 17.0 Å². The average molecular weight is 460 g/mol. The van der Waals surface area contributed by atoms with Gasteiger partial charge in [-0.1, -0.05) is 35.4 Å². The molecule has 2 aromatic rings. The lowest BCUT2D eigenvalue weighted by Crippen LogP contribution is -2.53. The minimum absolute atomic E-state index is 0.0897. The van der Waals surface area contributed by atoms with Crippen LogP contribution >= 0.6 is 11.6 Å². The molecular formula is C20H22ClF4N5O. The first-order chi connectivity index (χ1) is 14.5. The first-order valence-corrected chi connectivity index (χ1v) is 9.54. The van der Waals surface area contributed by atoms with Gasteiger partial charge in [-0.05, 0) is 36.8 Å². The largest absolute Gasteiger partial charge is 0.403 e. The Bertz CT molecular complexity index is 951. The molecule has 2 atom stereocenters. The molecule has 0 fully saturated rings. The van der Waals surface area contributed by atoms with Crippen molar-refractivity contribution in [3.05, 3.63) is 70.0 Å². The summed E-state index contributed by atoms with van der Waals surface area (Å²) in [5.41, 5.74) is 12.4. The van der Waals surface area contributed by atoms with Crippen molar-refractivity contribution in [2.75, 3.05) is 0 Å². The zero-order valence-electron chi connectivity index (χ0n) is 16.5. The molecule has 31 heavy (non-hydrogen) atoms. The third-order valence-corrected chi connectivity index (χ3v) is 4.54. The number of hydrogen-bond acceptors (Lipinski definition) is 4. The summed E-state index contributed by atoms with van der Waals surface area (Å²) in [5, 5.41) is 5.13. The maximum atomic E-state index is 13.2. The standard InChI is InChI=1S/C20H22ClF4N5O/c1-11-3-2-4-12(7-11)18(31)30-19(29-17(27)9-16(26)20(23,24)25)28-10-13-5-6-14(22)8-15(13)21/h2-8,16-17H,9-10,26-27H2,1H3,(H2,28,29,30,31). The summed E-state index contributed by atoms with van der Waals surface area (Å²) in [6, 6.07) is 8.20. The minimum atomic E-state index is -4.62. The first-order valence-electron chi connectivity index (χ1n) is 9.16. The van der Waals surface area contributed by atoms with Crippen LogP contribution in [0, 0.1) is 12.7 Å². The van der Waals surface area contributed by atoms with Crippen LogP contribution in [-0.2, 0) is 6.54 Å². The van der Waals surface area contributed by atoms with Gasteiger partial charge in [0.15, 0.2) is 5.96 Å². The number of halogens is 5. The Balaban J connectivity index is 2.20. The van der Waals surface area contributed by atoms with Crippen molar-refractivity contribution in [3.63, 3.8) is 0 Å². The van der Waals surface area contributed by atoms with Crippen molar-refractivity contribution in [3.8, 4) is 0 Å². The van der Waals surface area contributed by atoms with Gasteiger partial charge < -0.3 is 16.8 Å². The summed E-state index contributed by atoms with van der Waals surface area (Å²) in [5.74, 6) is -1.26. The number of nitrogens with two attached hydrogens (primary N) is 2. The van der Waals surface area contributed by atoms with E-state index >= 15 is 0 Å². The smallest absolute Gasteiger partial charge is 0.341 e. The van der Waals surface area contributed by atoms with E-state index in [0.29, 0.717) is 11.1 Å². The van der Waals surface area contributed by atoms with E-state index in [1.54, 1.807) is 31.2 Å². The zero-order chi connectivity index (χ0) is 23.2. The molecule has 2 unspecified atom stereocenters. The molecule has 0 aromatic heterocycles. The van der Waals surface area contributed by atoms with Gasteiger partial charge in [-0.3, -0.25) is 10.1 Å². The third kappa shape index (κ3) is 7.82. The number of carbonyl (C=O) groups is 1. The van der Waals surface area contributed by atoms with E-state index in [1.807, 2.05) is 0 Å². The van der Waals surface area contributed by atoms with Crippen LogP contribution in [0.5, 0.6) is 0 Å². The van der Waals surface area contributed by atoms with Crippen molar-refractivity contribution >= 4 is 23.5 Å². The molecule has 0 spiro atoms. The number of rotatable bonds is 6. The number of carbonyl (C=O) groups excluding carboxylic acids is 1. The van der Waals surface area contributed by atoms with E-state index in [0.717, 1.165) is 11.6 Å². The highest BCUT2D eigenvalue weighted by Gasteiger charge is 2.37. The van der Waals surface area contributed by atoms with Gasteiger partial charge in [-0.25, -0.2) is 9.38 Å². The Morgan fingerprint density at radius 2 is 1.90 bits per heavy atom. The van der Waals surface area contributed by atoms with Gasteiger partial charge in [0.1, 0.15) is 11.9 Å². The van der Waals surface area contributed by atoms with Crippen LogP contribution in [-0.4, -0.2) is 30.3 Å². The zero-order valence-corrected chi connectivity index (χ0v) is 17.3. The normalized spacial score (nSPS) is 14.1. The number of nitrogens with one attached hydrogen (secondary N) is 2. The molecule has 2 rings (SSSR count). The molecule has 168 valence electrons. The molecule has 0 saturated heterocycles. The third-order valence-electron chi connectivity index (χ3n) is 4.19. The van der Waals surface area contributed by atoms with E-state index in [-0.39, 0.29) is 17.5 Å². The van der Waals surface area contributed by atoms with Gasteiger partial charge >= 0.3 is 6.18 Å². The van der Waals surface area contributed by atoms with Crippen LogP contribution in [0.3, 0.4) is 0 Å². The van der Waals surface area contributed by atoms with Gasteiger partial charge in [0.2, 0.25) is 0 Å². The Morgan fingerprint density at radius 1 is 1.19 bits per heavy atom. The van der Waals surface area contributed by atoms with Crippen LogP contribution in [0.2, 0.25) is 5.02 Å². The fourth-order valence-corrected chi connectivity index (χ4v) is 2.77. The predicted molar refractivity (Wildman–Crippen MR) is 111 cm³/mol. The Kier molecular flexibility index (Phi) is 8.37. The number of alkyl halides is 3. The molecule has 11 heteroatoms. The molecule has 0 radical (unpaired) electrons. The predicted octanol–water partition coefficient (Wildman–Crippen LogP) is 3.23. The fourth-order valence-electron chi connectivity index (χ4n) is 2.54. The molecule has 2 aromatic carbocycles. The fraction of sp³-hybridized carbons (Fsp3) is 0.300. The highest BCUT2D eigenvalue weighted by molar-refractivity contribution is 6.31. The Hall–Kier alpha value is -2.69. The van der Waals surface area contributed by atoms with Gasteiger partial charge in [-0.15, -0.1) is 0 Å². The monoisotopic (exact) mass is 459 g/mol. The quantitative estimate of drug-likeness (QED) is 0.230. The second-order valence-corrected chi connectivity index (χ2v) is 7.27. The van der Waals surface area contributed by atoms with Crippen LogP contribution in [0.15, 0.2) is 47.5 Å². The molecule has 0 aliphatic heterocycles. The molecule has 0 bridgehead atoms. The topological polar surface area (TPSA) is 106 Å². The SMILES string of the molecule is Cc1cccc(C(=O)NC(=NCc2ccc(F)cc2Cl)NC(N)CC(N)C(F)(F)F)c1. The number of aliphatic imine (C=N–C) groups is 1. The van der Waals surface area contributed by atoms with Crippen LogP contribution in [0.4, 0.5) is 17.6 Å². The van der Waals surface area contributed by atoms with E-state index in [2.05, 4.69) is 15.6 Å². The summed E-state index contributed by atoms with van der Waals surface area (Å²) >= 11 is 5.97. The van der Waals surface area contributed by atoms with E-state index in [4.69, 9.17) is 23.1 Å². The van der Waals surface area contributed by atoms with Crippen molar-refractivity contribution < 1.29 is 22.4 Å². The van der Waals surface area contributed by atoms with Crippen molar-refractivity contribution in [2.45, 2.75) is 38.3 Å². The van der Waals surface area contributed by atoms with Crippen molar-refractivity contribution in [1.29, 1.82) is 0 Å². The first kappa shape index (κ1) is 24.6.